The van der Waals surface area contributed by atoms with Gasteiger partial charge in [-0.15, -0.1) is 0 Å². The number of rotatable bonds is 7. The molecule has 10 nitrogen and oxygen atoms in total. The van der Waals surface area contributed by atoms with E-state index in [4.69, 9.17) is 0 Å². The van der Waals surface area contributed by atoms with Crippen molar-refractivity contribution < 1.29 is 22.8 Å². The second-order valence-electron chi connectivity index (χ2n) is 8.71. The Kier molecular flexibility index (Phi) is 7.27. The smallest absolute Gasteiger partial charge is 0.325 e. The van der Waals surface area contributed by atoms with Gasteiger partial charge in [0, 0.05) is 39.3 Å². The van der Waals surface area contributed by atoms with Gasteiger partial charge in [-0.1, -0.05) is 33.1 Å². The molecule has 2 saturated heterocycles. The van der Waals surface area contributed by atoms with Gasteiger partial charge in [0.1, 0.15) is 12.1 Å². The van der Waals surface area contributed by atoms with Crippen molar-refractivity contribution in [1.82, 2.24) is 23.7 Å². The Morgan fingerprint density at radius 3 is 2.16 bits per heavy atom. The molecular formula is C20H35N5O5S. The summed E-state index contributed by atoms with van der Waals surface area (Å²) < 4.78 is 28.9. The number of hydrogen-bond acceptors (Lipinski definition) is 5. The first-order chi connectivity index (χ1) is 14.7. The van der Waals surface area contributed by atoms with Gasteiger partial charge in [-0.2, -0.15) is 17.0 Å². The van der Waals surface area contributed by atoms with Gasteiger partial charge in [0.2, 0.25) is 5.91 Å². The molecule has 0 unspecified atom stereocenters. The normalized spacial score (nSPS) is 23.5. The molecule has 1 aliphatic carbocycles. The monoisotopic (exact) mass is 457 g/mol. The number of piperazine rings is 1. The summed E-state index contributed by atoms with van der Waals surface area (Å²) in [6, 6.07) is -0.507. The van der Waals surface area contributed by atoms with Gasteiger partial charge < -0.3 is 10.2 Å². The molecule has 31 heavy (non-hydrogen) atoms. The number of urea groups is 1. The zero-order valence-corrected chi connectivity index (χ0v) is 19.6. The number of imide groups is 1. The van der Waals surface area contributed by atoms with E-state index in [1.165, 1.54) is 13.5 Å². The molecule has 3 rings (SSSR count). The van der Waals surface area contributed by atoms with Crippen LogP contribution in [0.5, 0.6) is 0 Å². The minimum absolute atomic E-state index is 0.0375. The van der Waals surface area contributed by atoms with Gasteiger partial charge in [0.15, 0.2) is 0 Å². The summed E-state index contributed by atoms with van der Waals surface area (Å²) in [4.78, 5) is 40.2. The van der Waals surface area contributed by atoms with E-state index in [9.17, 15) is 22.8 Å². The molecule has 0 aromatic rings. The van der Waals surface area contributed by atoms with Crippen molar-refractivity contribution >= 4 is 28.1 Å². The summed E-state index contributed by atoms with van der Waals surface area (Å²) in [5.74, 6) is -0.713. The summed E-state index contributed by atoms with van der Waals surface area (Å²) in [5, 5.41) is 2.72. The van der Waals surface area contributed by atoms with Crippen LogP contribution >= 0.6 is 0 Å². The summed E-state index contributed by atoms with van der Waals surface area (Å²) in [5.41, 5.74) is -0.937. The second kappa shape index (κ2) is 9.41. The summed E-state index contributed by atoms with van der Waals surface area (Å²) in [6.07, 6.45) is 5.95. The Morgan fingerprint density at radius 1 is 1.06 bits per heavy atom. The minimum atomic E-state index is -3.57. The number of nitrogens with zero attached hydrogens (tertiary/aromatic N) is 4. The lowest BCUT2D eigenvalue weighted by atomic mass is 9.93. The van der Waals surface area contributed by atoms with Crippen molar-refractivity contribution in [2.24, 2.45) is 0 Å². The van der Waals surface area contributed by atoms with E-state index in [1.54, 1.807) is 7.05 Å². The maximum Gasteiger partial charge on any atom is 0.325 e. The van der Waals surface area contributed by atoms with Crippen molar-refractivity contribution in [3.8, 4) is 0 Å². The Hall–Kier alpha value is -1.72. The van der Waals surface area contributed by atoms with Gasteiger partial charge in [-0.05, 0) is 25.7 Å². The highest BCUT2D eigenvalue weighted by molar-refractivity contribution is 7.86. The van der Waals surface area contributed by atoms with Gasteiger partial charge in [-0.25, -0.2) is 4.79 Å². The number of carbonyl (C=O) groups excluding carboxylic acids is 3. The predicted molar refractivity (Wildman–Crippen MR) is 115 cm³/mol. The van der Waals surface area contributed by atoms with Crippen LogP contribution in [0.15, 0.2) is 0 Å². The average Bonchev–Trinajstić information content (AvgIpc) is 3.03. The Balaban J connectivity index is 1.56. The minimum Gasteiger partial charge on any atom is -0.338 e. The first kappa shape index (κ1) is 23.9. The lowest BCUT2D eigenvalue weighted by Gasteiger charge is -2.38. The molecule has 176 valence electrons. The molecule has 0 atom stereocenters. The zero-order chi connectivity index (χ0) is 22.8. The molecule has 1 saturated carbocycles. The van der Waals surface area contributed by atoms with Crippen molar-refractivity contribution in [2.45, 2.75) is 70.4 Å². The van der Waals surface area contributed by atoms with Crippen LogP contribution in [-0.4, -0.2) is 96.0 Å². The predicted octanol–water partition coefficient (Wildman–Crippen LogP) is 0.751. The lowest BCUT2D eigenvalue weighted by molar-refractivity contribution is -0.139. The highest BCUT2D eigenvalue weighted by atomic mass is 32.2. The molecular weight excluding hydrogens is 422 g/mol. The van der Waals surface area contributed by atoms with Crippen LogP contribution in [0, 0.1) is 0 Å². The standard InChI is InChI=1S/C20H35N5O5S/c1-4-20(5-2)18(27)25(19(28)21-20)15-17(26)23-11-13-24(14-12-23)31(29,30)22(3)16-9-7-6-8-10-16/h16H,4-15H2,1-3H3,(H,21,28). The van der Waals surface area contributed by atoms with E-state index in [-0.39, 0.29) is 50.6 Å². The Labute approximate surface area is 185 Å². The SMILES string of the molecule is CCC1(CC)NC(=O)N(CC(=O)N2CCN(S(=O)(=O)N(C)C3CCCCC3)CC2)C1=O. The molecule has 0 aromatic heterocycles. The van der Waals surface area contributed by atoms with E-state index in [0.717, 1.165) is 37.0 Å². The third-order valence-corrected chi connectivity index (χ3v) is 9.16. The lowest BCUT2D eigenvalue weighted by Crippen LogP contribution is -2.56. The van der Waals surface area contributed by atoms with Crippen molar-refractivity contribution in [3.05, 3.63) is 0 Å². The van der Waals surface area contributed by atoms with Crippen LogP contribution in [0.2, 0.25) is 0 Å². The summed E-state index contributed by atoms with van der Waals surface area (Å²) in [7, 11) is -1.93. The summed E-state index contributed by atoms with van der Waals surface area (Å²) >= 11 is 0. The number of hydrogen-bond donors (Lipinski definition) is 1. The molecule has 1 N–H and O–H groups in total. The topological polar surface area (TPSA) is 110 Å². The summed E-state index contributed by atoms with van der Waals surface area (Å²) in [6.45, 7) is 4.24. The van der Waals surface area contributed by atoms with Crippen LogP contribution in [0.25, 0.3) is 0 Å². The third-order valence-electron chi connectivity index (χ3n) is 7.12. The molecule has 2 heterocycles. The van der Waals surface area contributed by atoms with E-state index >= 15 is 0 Å². The zero-order valence-electron chi connectivity index (χ0n) is 18.8. The van der Waals surface area contributed by atoms with E-state index in [2.05, 4.69) is 5.32 Å². The fraction of sp³-hybridized carbons (Fsp3) is 0.850. The maximum atomic E-state index is 13.0. The fourth-order valence-electron chi connectivity index (χ4n) is 4.77. The van der Waals surface area contributed by atoms with Crippen LogP contribution in [0.3, 0.4) is 0 Å². The quantitative estimate of drug-likeness (QED) is 0.567. The van der Waals surface area contributed by atoms with E-state index < -0.39 is 21.8 Å². The van der Waals surface area contributed by atoms with Crippen LogP contribution in [0.1, 0.15) is 58.8 Å². The van der Waals surface area contributed by atoms with Crippen molar-refractivity contribution in [3.63, 3.8) is 0 Å². The molecule has 0 radical (unpaired) electrons. The van der Waals surface area contributed by atoms with Gasteiger partial charge >= 0.3 is 6.03 Å². The Morgan fingerprint density at radius 2 is 1.65 bits per heavy atom. The fourth-order valence-corrected chi connectivity index (χ4v) is 6.34. The highest BCUT2D eigenvalue weighted by Gasteiger charge is 2.49. The molecule has 0 aromatic carbocycles. The third kappa shape index (κ3) is 4.58. The molecule has 3 fully saturated rings. The number of amides is 4. The highest BCUT2D eigenvalue weighted by Crippen LogP contribution is 2.26. The molecule has 2 aliphatic heterocycles. The average molecular weight is 458 g/mol. The van der Waals surface area contributed by atoms with Crippen molar-refractivity contribution in [1.29, 1.82) is 0 Å². The molecule has 0 bridgehead atoms. The second-order valence-corrected chi connectivity index (χ2v) is 10.7. The van der Waals surface area contributed by atoms with E-state index in [1.807, 2.05) is 13.8 Å². The molecule has 4 amide bonds. The number of carbonyl (C=O) groups is 3. The maximum absolute atomic E-state index is 13.0. The van der Waals surface area contributed by atoms with Crippen molar-refractivity contribution in [2.75, 3.05) is 39.8 Å². The first-order valence-corrected chi connectivity index (χ1v) is 12.7. The molecule has 0 spiro atoms. The van der Waals surface area contributed by atoms with Crippen LogP contribution in [0.4, 0.5) is 4.79 Å². The van der Waals surface area contributed by atoms with E-state index in [0.29, 0.717) is 12.8 Å². The first-order valence-electron chi connectivity index (χ1n) is 11.3. The molecule has 3 aliphatic rings. The number of nitrogens with one attached hydrogen (secondary N) is 1. The largest absolute Gasteiger partial charge is 0.338 e. The van der Waals surface area contributed by atoms with Crippen LogP contribution < -0.4 is 5.32 Å². The molecule has 11 heteroatoms. The Bertz CT molecular complexity index is 799. The van der Waals surface area contributed by atoms with Gasteiger partial charge in [0.05, 0.1) is 0 Å². The van der Waals surface area contributed by atoms with Crippen LogP contribution in [-0.2, 0) is 19.8 Å². The van der Waals surface area contributed by atoms with Gasteiger partial charge in [-0.3, -0.25) is 14.5 Å². The van der Waals surface area contributed by atoms with Gasteiger partial charge in [0.25, 0.3) is 16.1 Å².